The maximum atomic E-state index is 13.0. The molecule has 1 saturated carbocycles. The number of benzene rings is 2. The third-order valence-electron chi connectivity index (χ3n) is 5.28. The largest absolute Gasteiger partial charge is 0.454 e. The van der Waals surface area contributed by atoms with Crippen LogP contribution in [0.2, 0.25) is 5.02 Å². The number of fused-ring (bicyclic) bond motifs is 1. The number of nitrogens with one attached hydrogen (secondary N) is 1. The third-order valence-corrected chi connectivity index (χ3v) is 5.61. The van der Waals surface area contributed by atoms with Crippen LogP contribution in [0, 0.1) is 0 Å². The Morgan fingerprint density at radius 1 is 1.04 bits per heavy atom. The fourth-order valence-corrected chi connectivity index (χ4v) is 3.75. The van der Waals surface area contributed by atoms with Gasteiger partial charge in [-0.1, -0.05) is 35.9 Å². The standard InChI is InChI=1S/C22H17ClN2O3/c23-17-4-2-1-3-16(17)18-7-6-15(12-24-18)25-21(26)22(9-10-22)14-5-8-19-20(11-14)28-13-27-19/h1-8,11-12H,9-10,13H2,(H,25,26). The highest BCUT2D eigenvalue weighted by molar-refractivity contribution is 6.33. The van der Waals surface area contributed by atoms with Gasteiger partial charge in [-0.15, -0.1) is 0 Å². The van der Waals surface area contributed by atoms with E-state index < -0.39 is 5.41 Å². The normalized spacial score (nSPS) is 15.9. The first-order valence-corrected chi connectivity index (χ1v) is 9.46. The topological polar surface area (TPSA) is 60.5 Å². The number of hydrogen-bond acceptors (Lipinski definition) is 4. The van der Waals surface area contributed by atoms with Crippen molar-refractivity contribution in [2.75, 3.05) is 12.1 Å². The highest BCUT2D eigenvalue weighted by Crippen LogP contribution is 2.51. The zero-order valence-corrected chi connectivity index (χ0v) is 15.7. The van der Waals surface area contributed by atoms with Crippen LogP contribution in [-0.2, 0) is 10.2 Å². The van der Waals surface area contributed by atoms with Crippen molar-refractivity contribution in [1.29, 1.82) is 0 Å². The minimum Gasteiger partial charge on any atom is -0.454 e. The number of halogens is 1. The lowest BCUT2D eigenvalue weighted by Crippen LogP contribution is -2.27. The number of carbonyl (C=O) groups excluding carboxylic acids is 1. The zero-order valence-electron chi connectivity index (χ0n) is 14.9. The average Bonchev–Trinajstić information content (AvgIpc) is 3.40. The molecular formula is C22H17ClN2O3. The fraction of sp³-hybridized carbons (Fsp3) is 0.182. The third kappa shape index (κ3) is 2.88. The highest BCUT2D eigenvalue weighted by Gasteiger charge is 2.51. The summed E-state index contributed by atoms with van der Waals surface area (Å²) in [7, 11) is 0. The van der Waals surface area contributed by atoms with Crippen LogP contribution in [0.25, 0.3) is 11.3 Å². The molecule has 28 heavy (non-hydrogen) atoms. The second-order valence-electron chi connectivity index (χ2n) is 7.02. The first-order chi connectivity index (χ1) is 13.7. The number of nitrogens with zero attached hydrogens (tertiary/aromatic N) is 1. The fourth-order valence-electron chi connectivity index (χ4n) is 3.51. The maximum absolute atomic E-state index is 13.0. The van der Waals surface area contributed by atoms with Crippen molar-refractivity contribution in [2.24, 2.45) is 0 Å². The smallest absolute Gasteiger partial charge is 0.235 e. The molecule has 1 aromatic heterocycles. The van der Waals surface area contributed by atoms with Crippen molar-refractivity contribution < 1.29 is 14.3 Å². The Balaban J connectivity index is 1.35. The lowest BCUT2D eigenvalue weighted by molar-refractivity contribution is -0.118. The molecule has 0 unspecified atom stereocenters. The predicted octanol–water partition coefficient (Wildman–Crippen LogP) is 4.80. The van der Waals surface area contributed by atoms with Crippen molar-refractivity contribution in [3.63, 3.8) is 0 Å². The number of pyridine rings is 1. The minimum absolute atomic E-state index is 0.0290. The number of ether oxygens (including phenoxy) is 2. The lowest BCUT2D eigenvalue weighted by Gasteiger charge is -2.16. The van der Waals surface area contributed by atoms with E-state index in [0.717, 1.165) is 35.4 Å². The molecule has 1 aliphatic heterocycles. The molecule has 6 heteroatoms. The summed E-state index contributed by atoms with van der Waals surface area (Å²) < 4.78 is 10.8. The number of aromatic nitrogens is 1. The molecule has 5 nitrogen and oxygen atoms in total. The summed E-state index contributed by atoms with van der Waals surface area (Å²) in [6.07, 6.45) is 3.28. The molecule has 0 saturated heterocycles. The van der Waals surface area contributed by atoms with E-state index in [4.69, 9.17) is 21.1 Å². The summed E-state index contributed by atoms with van der Waals surface area (Å²) >= 11 is 6.23. The Labute approximate surface area is 167 Å². The molecule has 5 rings (SSSR count). The van der Waals surface area contributed by atoms with Gasteiger partial charge in [0.05, 0.1) is 23.0 Å². The number of anilines is 1. The summed E-state index contributed by atoms with van der Waals surface area (Å²) in [5.41, 5.74) is 2.73. The molecule has 3 aromatic rings. The zero-order chi connectivity index (χ0) is 19.1. The summed E-state index contributed by atoms with van der Waals surface area (Å²) in [5, 5.41) is 3.64. The van der Waals surface area contributed by atoms with Gasteiger partial charge >= 0.3 is 0 Å². The first kappa shape index (κ1) is 17.1. The van der Waals surface area contributed by atoms with E-state index in [0.29, 0.717) is 16.5 Å². The van der Waals surface area contributed by atoms with E-state index in [9.17, 15) is 4.79 Å². The number of hydrogen-bond donors (Lipinski definition) is 1. The summed E-state index contributed by atoms with van der Waals surface area (Å²) in [6, 6.07) is 17.0. The van der Waals surface area contributed by atoms with E-state index in [-0.39, 0.29) is 12.7 Å². The van der Waals surface area contributed by atoms with Crippen LogP contribution in [0.5, 0.6) is 11.5 Å². The highest BCUT2D eigenvalue weighted by atomic mass is 35.5. The molecule has 1 aliphatic carbocycles. The van der Waals surface area contributed by atoms with Crippen molar-refractivity contribution in [1.82, 2.24) is 4.98 Å². The molecule has 2 heterocycles. The van der Waals surface area contributed by atoms with Crippen LogP contribution in [0.3, 0.4) is 0 Å². The van der Waals surface area contributed by atoms with Gasteiger partial charge in [-0.25, -0.2) is 0 Å². The molecule has 2 aliphatic rings. The molecule has 0 bridgehead atoms. The Morgan fingerprint density at radius 2 is 1.86 bits per heavy atom. The second kappa shape index (κ2) is 6.53. The first-order valence-electron chi connectivity index (χ1n) is 9.08. The summed E-state index contributed by atoms with van der Waals surface area (Å²) in [4.78, 5) is 17.4. The van der Waals surface area contributed by atoms with Gasteiger partial charge in [0.1, 0.15) is 0 Å². The Morgan fingerprint density at radius 3 is 2.61 bits per heavy atom. The van der Waals surface area contributed by atoms with Gasteiger partial charge in [0.25, 0.3) is 0 Å². The molecule has 1 N–H and O–H groups in total. The summed E-state index contributed by atoms with van der Waals surface area (Å²) in [5.74, 6) is 1.39. The van der Waals surface area contributed by atoms with Crippen molar-refractivity contribution in [3.05, 3.63) is 71.4 Å². The molecule has 2 aromatic carbocycles. The molecule has 0 atom stereocenters. The quantitative estimate of drug-likeness (QED) is 0.692. The molecule has 140 valence electrons. The van der Waals surface area contributed by atoms with Crippen molar-refractivity contribution in [2.45, 2.75) is 18.3 Å². The van der Waals surface area contributed by atoms with Gasteiger partial charge in [0.15, 0.2) is 11.5 Å². The molecule has 0 spiro atoms. The van der Waals surface area contributed by atoms with Crippen molar-refractivity contribution >= 4 is 23.2 Å². The van der Waals surface area contributed by atoms with E-state index in [2.05, 4.69) is 10.3 Å². The minimum atomic E-state index is -0.512. The lowest BCUT2D eigenvalue weighted by atomic mass is 9.94. The molecule has 0 radical (unpaired) electrons. The van der Waals surface area contributed by atoms with E-state index in [1.54, 1.807) is 6.20 Å². The van der Waals surface area contributed by atoms with Gasteiger partial charge in [-0.3, -0.25) is 9.78 Å². The SMILES string of the molecule is O=C(Nc1ccc(-c2ccccc2Cl)nc1)C1(c2ccc3c(c2)OCO3)CC1. The Hall–Kier alpha value is -3.05. The van der Waals surface area contributed by atoms with Crippen LogP contribution in [-0.4, -0.2) is 17.7 Å². The number of carbonyl (C=O) groups is 1. The van der Waals surface area contributed by atoms with Crippen molar-refractivity contribution in [3.8, 4) is 22.8 Å². The summed E-state index contributed by atoms with van der Waals surface area (Å²) in [6.45, 7) is 0.224. The van der Waals surface area contributed by atoms with Crippen LogP contribution in [0.1, 0.15) is 18.4 Å². The monoisotopic (exact) mass is 392 g/mol. The number of amides is 1. The Kier molecular flexibility index (Phi) is 3.98. The second-order valence-corrected chi connectivity index (χ2v) is 7.42. The van der Waals surface area contributed by atoms with Gasteiger partial charge in [-0.2, -0.15) is 0 Å². The van der Waals surface area contributed by atoms with Gasteiger partial charge in [-0.05, 0) is 48.7 Å². The molecular weight excluding hydrogens is 376 g/mol. The van der Waals surface area contributed by atoms with E-state index in [1.165, 1.54) is 0 Å². The van der Waals surface area contributed by atoms with Gasteiger partial charge < -0.3 is 14.8 Å². The van der Waals surface area contributed by atoms with Crippen LogP contribution >= 0.6 is 11.6 Å². The molecule has 1 amide bonds. The Bertz CT molecular complexity index is 1060. The van der Waals surface area contributed by atoms with Gasteiger partial charge in [0.2, 0.25) is 12.7 Å². The van der Waals surface area contributed by atoms with Crippen LogP contribution in [0.4, 0.5) is 5.69 Å². The van der Waals surface area contributed by atoms with Crippen LogP contribution in [0.15, 0.2) is 60.8 Å². The predicted molar refractivity (Wildman–Crippen MR) is 107 cm³/mol. The molecule has 1 fully saturated rings. The maximum Gasteiger partial charge on any atom is 0.235 e. The number of rotatable bonds is 4. The van der Waals surface area contributed by atoms with Crippen LogP contribution < -0.4 is 14.8 Å². The van der Waals surface area contributed by atoms with E-state index >= 15 is 0 Å². The van der Waals surface area contributed by atoms with E-state index in [1.807, 2.05) is 54.6 Å². The van der Waals surface area contributed by atoms with Gasteiger partial charge in [0, 0.05) is 10.6 Å². The average molecular weight is 393 g/mol.